The van der Waals surface area contributed by atoms with E-state index in [1.54, 1.807) is 42.5 Å². The first-order valence-electron chi connectivity index (χ1n) is 5.32. The molecule has 0 aromatic heterocycles. The van der Waals surface area contributed by atoms with Gasteiger partial charge in [0.05, 0.1) is 6.61 Å². The van der Waals surface area contributed by atoms with Crippen molar-refractivity contribution in [3.05, 3.63) is 71.5 Å². The molecular weight excluding hydrogens is 219 g/mol. The average Bonchev–Trinajstić information content (AvgIpc) is 2.39. The van der Waals surface area contributed by atoms with E-state index in [0.29, 0.717) is 5.56 Å². The van der Waals surface area contributed by atoms with Crippen LogP contribution in [0.2, 0.25) is 0 Å². The molecule has 0 radical (unpaired) electrons. The van der Waals surface area contributed by atoms with Crippen molar-refractivity contribution in [2.24, 2.45) is 0 Å². The first-order chi connectivity index (χ1) is 8.18. The van der Waals surface area contributed by atoms with Crippen LogP contribution in [0.15, 0.2) is 54.6 Å². The zero-order valence-electron chi connectivity index (χ0n) is 9.18. The molecule has 0 saturated heterocycles. The van der Waals surface area contributed by atoms with Gasteiger partial charge in [-0.05, 0) is 11.6 Å². The Kier molecular flexibility index (Phi) is 3.22. The Bertz CT molecular complexity index is 499. The van der Waals surface area contributed by atoms with Gasteiger partial charge >= 0.3 is 0 Å². The van der Waals surface area contributed by atoms with E-state index in [1.807, 2.05) is 0 Å². The highest BCUT2D eigenvalue weighted by Gasteiger charge is 2.33. The molecule has 3 heteroatoms. The summed E-state index contributed by atoms with van der Waals surface area (Å²) < 4.78 is 13.7. The summed E-state index contributed by atoms with van der Waals surface area (Å²) in [6, 6.07) is 14.5. The standard InChI is InChI=1S/C14H13FO2/c15-13-9-5-4-8-12(13)14(17,10-16)11-6-2-1-3-7-11/h1-9,16-17H,10H2/t14-/m0/s1. The fraction of sp³-hybridized carbons (Fsp3) is 0.143. The molecule has 0 saturated carbocycles. The van der Waals surface area contributed by atoms with Crippen molar-refractivity contribution < 1.29 is 14.6 Å². The Morgan fingerprint density at radius 2 is 1.53 bits per heavy atom. The smallest absolute Gasteiger partial charge is 0.140 e. The van der Waals surface area contributed by atoms with Crippen LogP contribution in [-0.4, -0.2) is 16.8 Å². The Hall–Kier alpha value is -1.71. The van der Waals surface area contributed by atoms with Crippen molar-refractivity contribution in [1.82, 2.24) is 0 Å². The second-order valence-corrected chi connectivity index (χ2v) is 3.86. The summed E-state index contributed by atoms with van der Waals surface area (Å²) in [5, 5.41) is 19.9. The van der Waals surface area contributed by atoms with E-state index in [9.17, 15) is 14.6 Å². The van der Waals surface area contributed by atoms with Crippen LogP contribution >= 0.6 is 0 Å². The van der Waals surface area contributed by atoms with Crippen molar-refractivity contribution in [3.63, 3.8) is 0 Å². The summed E-state index contributed by atoms with van der Waals surface area (Å²) in [5.74, 6) is -0.534. The maximum atomic E-state index is 13.7. The fourth-order valence-corrected chi connectivity index (χ4v) is 1.84. The number of aliphatic hydroxyl groups is 2. The van der Waals surface area contributed by atoms with Crippen LogP contribution in [0, 0.1) is 5.82 Å². The fourth-order valence-electron chi connectivity index (χ4n) is 1.84. The highest BCUT2D eigenvalue weighted by atomic mass is 19.1. The van der Waals surface area contributed by atoms with Gasteiger partial charge in [0.2, 0.25) is 0 Å². The molecule has 2 nitrogen and oxygen atoms in total. The van der Waals surface area contributed by atoms with Gasteiger partial charge in [-0.2, -0.15) is 0 Å². The minimum Gasteiger partial charge on any atom is -0.393 e. The zero-order chi connectivity index (χ0) is 12.3. The van der Waals surface area contributed by atoms with E-state index >= 15 is 0 Å². The molecule has 0 unspecified atom stereocenters. The first-order valence-corrected chi connectivity index (χ1v) is 5.32. The minimum absolute atomic E-state index is 0.0775. The average molecular weight is 232 g/mol. The molecule has 0 aliphatic carbocycles. The van der Waals surface area contributed by atoms with E-state index in [-0.39, 0.29) is 5.56 Å². The molecule has 2 rings (SSSR count). The Morgan fingerprint density at radius 1 is 0.941 bits per heavy atom. The Balaban J connectivity index is 2.56. The maximum Gasteiger partial charge on any atom is 0.140 e. The Labute approximate surface area is 99.0 Å². The van der Waals surface area contributed by atoms with Crippen molar-refractivity contribution in [3.8, 4) is 0 Å². The predicted molar refractivity (Wildman–Crippen MR) is 62.9 cm³/mol. The molecule has 2 aromatic carbocycles. The number of aliphatic hydroxyl groups excluding tert-OH is 1. The molecule has 88 valence electrons. The summed E-state index contributed by atoms with van der Waals surface area (Å²) in [4.78, 5) is 0. The number of hydrogen-bond acceptors (Lipinski definition) is 2. The van der Waals surface area contributed by atoms with Crippen molar-refractivity contribution >= 4 is 0 Å². The van der Waals surface area contributed by atoms with Crippen LogP contribution in [0.3, 0.4) is 0 Å². The number of hydrogen-bond donors (Lipinski definition) is 2. The monoisotopic (exact) mass is 232 g/mol. The van der Waals surface area contributed by atoms with E-state index in [2.05, 4.69) is 0 Å². The normalized spacial score (nSPS) is 14.3. The predicted octanol–water partition coefficient (Wildman–Crippen LogP) is 2.05. The number of rotatable bonds is 3. The molecule has 0 spiro atoms. The second kappa shape index (κ2) is 4.65. The molecule has 0 aliphatic rings. The van der Waals surface area contributed by atoms with E-state index < -0.39 is 18.0 Å². The molecule has 0 aliphatic heterocycles. The third-order valence-electron chi connectivity index (χ3n) is 2.80. The number of halogens is 1. The molecule has 0 bridgehead atoms. The maximum absolute atomic E-state index is 13.7. The lowest BCUT2D eigenvalue weighted by Crippen LogP contribution is -2.32. The van der Waals surface area contributed by atoms with E-state index in [0.717, 1.165) is 0 Å². The van der Waals surface area contributed by atoms with Gasteiger partial charge in [-0.25, -0.2) is 4.39 Å². The molecule has 0 fully saturated rings. The van der Waals surface area contributed by atoms with Crippen LogP contribution in [0.4, 0.5) is 4.39 Å². The Morgan fingerprint density at radius 3 is 2.12 bits per heavy atom. The summed E-state index contributed by atoms with van der Waals surface area (Å²) in [5.41, 5.74) is -1.16. The van der Waals surface area contributed by atoms with E-state index in [4.69, 9.17) is 0 Å². The van der Waals surface area contributed by atoms with Crippen molar-refractivity contribution in [2.75, 3.05) is 6.61 Å². The summed E-state index contributed by atoms with van der Waals surface area (Å²) in [6.45, 7) is -0.571. The molecule has 1 atom stereocenters. The molecular formula is C14H13FO2. The number of benzene rings is 2. The van der Waals surface area contributed by atoms with Crippen molar-refractivity contribution in [1.29, 1.82) is 0 Å². The third-order valence-corrected chi connectivity index (χ3v) is 2.80. The van der Waals surface area contributed by atoms with Crippen LogP contribution in [0.1, 0.15) is 11.1 Å². The molecule has 0 heterocycles. The van der Waals surface area contributed by atoms with Crippen LogP contribution in [0.25, 0.3) is 0 Å². The second-order valence-electron chi connectivity index (χ2n) is 3.86. The molecule has 17 heavy (non-hydrogen) atoms. The molecule has 2 aromatic rings. The van der Waals surface area contributed by atoms with Gasteiger partial charge < -0.3 is 10.2 Å². The van der Waals surface area contributed by atoms with Crippen molar-refractivity contribution in [2.45, 2.75) is 5.60 Å². The van der Waals surface area contributed by atoms with Gasteiger partial charge in [-0.3, -0.25) is 0 Å². The van der Waals surface area contributed by atoms with E-state index in [1.165, 1.54) is 12.1 Å². The zero-order valence-corrected chi connectivity index (χ0v) is 9.18. The summed E-state index contributed by atoms with van der Waals surface area (Å²) in [6.07, 6.45) is 0. The molecule has 2 N–H and O–H groups in total. The third kappa shape index (κ3) is 2.07. The SMILES string of the molecule is OC[C@](O)(c1ccccc1)c1ccccc1F. The van der Waals surface area contributed by atoms with Gasteiger partial charge in [0.1, 0.15) is 11.4 Å². The lowest BCUT2D eigenvalue weighted by Gasteiger charge is -2.27. The quantitative estimate of drug-likeness (QED) is 0.850. The van der Waals surface area contributed by atoms with Gasteiger partial charge in [0.15, 0.2) is 0 Å². The molecule has 0 amide bonds. The lowest BCUT2D eigenvalue weighted by atomic mass is 9.87. The van der Waals surface area contributed by atoms with Crippen LogP contribution in [-0.2, 0) is 5.60 Å². The van der Waals surface area contributed by atoms with Crippen LogP contribution < -0.4 is 0 Å². The topological polar surface area (TPSA) is 40.5 Å². The lowest BCUT2D eigenvalue weighted by molar-refractivity contribution is 0.0144. The van der Waals surface area contributed by atoms with Gasteiger partial charge in [-0.1, -0.05) is 48.5 Å². The van der Waals surface area contributed by atoms with Gasteiger partial charge in [-0.15, -0.1) is 0 Å². The van der Waals surface area contributed by atoms with Gasteiger partial charge in [0.25, 0.3) is 0 Å². The van der Waals surface area contributed by atoms with Gasteiger partial charge in [0, 0.05) is 5.56 Å². The summed E-state index contributed by atoms with van der Waals surface area (Å²) in [7, 11) is 0. The summed E-state index contributed by atoms with van der Waals surface area (Å²) >= 11 is 0. The van der Waals surface area contributed by atoms with Crippen LogP contribution in [0.5, 0.6) is 0 Å². The first kappa shape index (κ1) is 11.8. The highest BCUT2D eigenvalue weighted by molar-refractivity contribution is 5.36. The highest BCUT2D eigenvalue weighted by Crippen LogP contribution is 2.30. The largest absolute Gasteiger partial charge is 0.393 e. The minimum atomic E-state index is -1.70.